The van der Waals surface area contributed by atoms with E-state index in [4.69, 9.17) is 4.74 Å². The smallest absolute Gasteiger partial charge is 0.278 e. The van der Waals surface area contributed by atoms with Crippen molar-refractivity contribution < 1.29 is 22.7 Å². The number of alkyl halides is 3. The van der Waals surface area contributed by atoms with Crippen molar-refractivity contribution in [2.45, 2.75) is 75.9 Å². The van der Waals surface area contributed by atoms with Crippen LogP contribution in [0.2, 0.25) is 0 Å². The quantitative estimate of drug-likeness (QED) is 0.561. The lowest BCUT2D eigenvalue weighted by molar-refractivity contribution is -0.121. The van der Waals surface area contributed by atoms with Crippen molar-refractivity contribution in [1.82, 2.24) is 25.0 Å². The van der Waals surface area contributed by atoms with E-state index in [1.54, 1.807) is 16.9 Å². The van der Waals surface area contributed by atoms with Crippen LogP contribution >= 0.6 is 0 Å². The van der Waals surface area contributed by atoms with Crippen LogP contribution in [0.25, 0.3) is 0 Å². The van der Waals surface area contributed by atoms with Crippen molar-refractivity contribution in [3.8, 4) is 5.88 Å². The van der Waals surface area contributed by atoms with Crippen LogP contribution in [0.5, 0.6) is 5.88 Å². The summed E-state index contributed by atoms with van der Waals surface area (Å²) in [6.07, 6.45) is 7.91. The van der Waals surface area contributed by atoms with Gasteiger partial charge in [0.15, 0.2) is 6.61 Å². The van der Waals surface area contributed by atoms with Gasteiger partial charge in [0.2, 0.25) is 11.8 Å². The number of pyridine rings is 1. The maximum absolute atomic E-state index is 15.5. The Morgan fingerprint density at radius 2 is 2.00 bits per heavy atom. The topological polar surface area (TPSA) is 72.3 Å². The molecule has 2 aromatic heterocycles. The van der Waals surface area contributed by atoms with E-state index in [-0.39, 0.29) is 24.2 Å². The van der Waals surface area contributed by atoms with Crippen molar-refractivity contribution in [2.24, 2.45) is 7.05 Å². The first-order chi connectivity index (χ1) is 17.1. The summed E-state index contributed by atoms with van der Waals surface area (Å²) in [5, 5.41) is 7.13. The van der Waals surface area contributed by atoms with Gasteiger partial charge in [0.05, 0.1) is 12.6 Å². The van der Waals surface area contributed by atoms with E-state index in [0.717, 1.165) is 43.3 Å². The Hall–Kier alpha value is -2.62. The molecule has 1 aliphatic carbocycles. The molecule has 0 unspecified atom stereocenters. The fourth-order valence-corrected chi connectivity index (χ4v) is 5.03. The zero-order chi connectivity index (χ0) is 25.8. The fourth-order valence-electron chi connectivity index (χ4n) is 5.03. The molecule has 0 bridgehead atoms. The predicted octanol–water partition coefficient (Wildman–Crippen LogP) is 3.65. The maximum atomic E-state index is 15.5. The minimum absolute atomic E-state index is 0.0147. The molecule has 4 rings (SSSR count). The number of hydrogen-bond acceptors (Lipinski definition) is 5. The van der Waals surface area contributed by atoms with Crippen molar-refractivity contribution >= 4 is 5.91 Å². The number of aryl methyl sites for hydroxylation is 1. The number of halogens is 3. The Bertz CT molecular complexity index is 1030. The molecule has 1 aliphatic heterocycles. The number of ether oxygens (including phenoxy) is 1. The second kappa shape index (κ2) is 11.2. The molecule has 2 aliphatic rings. The Morgan fingerprint density at radius 1 is 1.25 bits per heavy atom. The molecule has 0 aromatic carbocycles. The van der Waals surface area contributed by atoms with Crippen LogP contribution in [0.15, 0.2) is 24.5 Å². The second-order valence-corrected chi connectivity index (χ2v) is 10.4. The van der Waals surface area contributed by atoms with Gasteiger partial charge in [-0.05, 0) is 49.7 Å². The molecule has 0 atom stereocenters. The van der Waals surface area contributed by atoms with Crippen LogP contribution in [0, 0.1) is 0 Å². The molecule has 0 radical (unpaired) electrons. The first-order valence-corrected chi connectivity index (χ1v) is 12.7. The van der Waals surface area contributed by atoms with E-state index < -0.39 is 18.2 Å². The molecule has 1 saturated carbocycles. The highest BCUT2D eigenvalue weighted by molar-refractivity contribution is 5.78. The number of carbonyl (C=O) groups is 1. The fraction of sp³-hybridized carbons (Fsp3) is 0.654. The van der Waals surface area contributed by atoms with Gasteiger partial charge in [-0.2, -0.15) is 5.10 Å². The summed E-state index contributed by atoms with van der Waals surface area (Å²) >= 11 is 0. The molecule has 2 aromatic rings. The van der Waals surface area contributed by atoms with E-state index in [1.165, 1.54) is 0 Å². The number of aromatic nitrogens is 3. The van der Waals surface area contributed by atoms with Crippen LogP contribution in [0.4, 0.5) is 13.2 Å². The first kappa shape index (κ1) is 26.4. The highest BCUT2D eigenvalue weighted by atomic mass is 19.3. The Balaban J connectivity index is 1.19. The van der Waals surface area contributed by atoms with Gasteiger partial charge in [0.25, 0.3) is 5.92 Å². The average molecular weight is 508 g/mol. The summed E-state index contributed by atoms with van der Waals surface area (Å²) in [5.74, 6) is -2.73. The number of fused-ring (bicyclic) bond motifs is 1. The first-order valence-electron chi connectivity index (χ1n) is 12.7. The third kappa shape index (κ3) is 7.69. The highest BCUT2D eigenvalue weighted by Gasteiger charge is 2.36. The van der Waals surface area contributed by atoms with E-state index in [0.29, 0.717) is 45.1 Å². The normalized spacial score (nSPS) is 23.1. The molecule has 1 fully saturated rings. The number of nitrogens with zero attached hydrogens (tertiary/aromatic N) is 4. The van der Waals surface area contributed by atoms with Crippen LogP contribution in [0.3, 0.4) is 0 Å². The molecule has 36 heavy (non-hydrogen) atoms. The van der Waals surface area contributed by atoms with Crippen molar-refractivity contribution in [1.29, 1.82) is 0 Å². The van der Waals surface area contributed by atoms with Crippen LogP contribution < -0.4 is 10.1 Å². The molecule has 1 amide bonds. The molecule has 10 heteroatoms. The van der Waals surface area contributed by atoms with Crippen molar-refractivity contribution in [2.75, 3.05) is 26.2 Å². The van der Waals surface area contributed by atoms with Gasteiger partial charge in [-0.15, -0.1) is 0 Å². The molecule has 7 nitrogen and oxygen atoms in total. The monoisotopic (exact) mass is 507 g/mol. The minimum atomic E-state index is -2.90. The lowest BCUT2D eigenvalue weighted by Gasteiger charge is -2.35. The van der Waals surface area contributed by atoms with Gasteiger partial charge < -0.3 is 15.0 Å². The summed E-state index contributed by atoms with van der Waals surface area (Å²) in [6.45, 7) is 2.34. The lowest BCUT2D eigenvalue weighted by Crippen LogP contribution is -2.43. The van der Waals surface area contributed by atoms with Crippen molar-refractivity contribution in [3.63, 3.8) is 0 Å². The standard InChI is InChI=1S/C26H36F3N5O2/c1-25(27,28)18-36-24-4-3-20-7-12-34(13-8-22(20)32-24)14-11-26(29)9-5-21(6-10-26)31-23(35)15-19-16-30-33(2)17-19/h3-4,16-17,21H,5-15,18H2,1-2H3,(H,31,35)/t21-,26+. The highest BCUT2D eigenvalue weighted by Crippen LogP contribution is 2.35. The Kier molecular flexibility index (Phi) is 8.22. The van der Waals surface area contributed by atoms with E-state index in [1.807, 2.05) is 19.3 Å². The van der Waals surface area contributed by atoms with Gasteiger partial charge in [-0.1, -0.05) is 6.07 Å². The molecule has 3 heterocycles. The molecular formula is C26H36F3N5O2. The number of rotatable bonds is 9. The van der Waals surface area contributed by atoms with Gasteiger partial charge in [-0.25, -0.2) is 18.2 Å². The number of nitrogens with one attached hydrogen (secondary N) is 1. The average Bonchev–Trinajstić information content (AvgIpc) is 3.11. The van der Waals surface area contributed by atoms with Crippen LogP contribution in [0.1, 0.15) is 55.8 Å². The Labute approximate surface area is 210 Å². The number of hydrogen-bond donors (Lipinski definition) is 1. The zero-order valence-electron chi connectivity index (χ0n) is 21.1. The van der Waals surface area contributed by atoms with Gasteiger partial charge in [0, 0.05) is 64.0 Å². The third-order valence-electron chi connectivity index (χ3n) is 7.12. The lowest BCUT2D eigenvalue weighted by atomic mass is 9.81. The largest absolute Gasteiger partial charge is 0.471 e. The molecule has 0 spiro atoms. The second-order valence-electron chi connectivity index (χ2n) is 10.4. The minimum Gasteiger partial charge on any atom is -0.471 e. The zero-order valence-corrected chi connectivity index (χ0v) is 21.1. The van der Waals surface area contributed by atoms with E-state index in [2.05, 4.69) is 20.3 Å². The van der Waals surface area contributed by atoms with Gasteiger partial charge >= 0.3 is 0 Å². The van der Waals surface area contributed by atoms with E-state index >= 15 is 4.39 Å². The van der Waals surface area contributed by atoms with E-state index in [9.17, 15) is 13.6 Å². The number of carbonyl (C=O) groups excluding carboxylic acids is 1. The summed E-state index contributed by atoms with van der Waals surface area (Å²) in [5.41, 5.74) is 1.61. The van der Waals surface area contributed by atoms with Gasteiger partial charge in [0.1, 0.15) is 5.67 Å². The maximum Gasteiger partial charge on any atom is 0.278 e. The Morgan fingerprint density at radius 3 is 2.69 bits per heavy atom. The molecule has 198 valence electrons. The molecular weight excluding hydrogens is 471 g/mol. The summed E-state index contributed by atoms with van der Waals surface area (Å²) in [7, 11) is 1.82. The van der Waals surface area contributed by atoms with Crippen LogP contribution in [-0.2, 0) is 31.1 Å². The SMILES string of the molecule is Cn1cc(CC(=O)N[C@H]2CC[C@](F)(CCN3CCc4ccc(OCC(C)(F)F)nc4CC3)CC2)cn1. The van der Waals surface area contributed by atoms with Crippen molar-refractivity contribution in [3.05, 3.63) is 41.3 Å². The number of amides is 1. The third-order valence-corrected chi connectivity index (χ3v) is 7.12. The van der Waals surface area contributed by atoms with Crippen LogP contribution in [-0.4, -0.2) is 69.4 Å². The predicted molar refractivity (Wildman–Crippen MR) is 130 cm³/mol. The van der Waals surface area contributed by atoms with Gasteiger partial charge in [-0.3, -0.25) is 9.48 Å². The summed E-state index contributed by atoms with van der Waals surface area (Å²) < 4.78 is 48.5. The molecule has 1 N–H and O–H groups in total. The summed E-state index contributed by atoms with van der Waals surface area (Å²) in [6, 6.07) is 3.56. The molecule has 0 saturated heterocycles. The summed E-state index contributed by atoms with van der Waals surface area (Å²) in [4.78, 5) is 19.0.